The second-order valence-electron chi connectivity index (χ2n) is 7.47. The maximum atomic E-state index is 13.0. The van der Waals surface area contributed by atoms with Crippen molar-refractivity contribution in [1.29, 1.82) is 5.26 Å². The second-order valence-corrected chi connectivity index (χ2v) is 7.47. The number of carboxylic acid groups (broad SMARTS) is 1. The van der Waals surface area contributed by atoms with Gasteiger partial charge in [-0.2, -0.15) is 5.26 Å². The zero-order chi connectivity index (χ0) is 24.1. The molecule has 0 saturated carbocycles. The van der Waals surface area contributed by atoms with Crippen molar-refractivity contribution >= 4 is 18.2 Å². The van der Waals surface area contributed by atoms with E-state index in [0.717, 1.165) is 16.8 Å². The Kier molecular flexibility index (Phi) is 6.54. The van der Waals surface area contributed by atoms with E-state index in [-0.39, 0.29) is 18.2 Å². The first kappa shape index (κ1) is 22.5. The molecule has 0 aliphatic carbocycles. The molecule has 1 aromatic carbocycles. The Hall–Kier alpha value is -4.65. The summed E-state index contributed by atoms with van der Waals surface area (Å²) in [6.45, 7) is 1.55. The lowest BCUT2D eigenvalue weighted by molar-refractivity contribution is -0.122. The number of hydrogen-bond acceptors (Lipinski definition) is 8. The summed E-state index contributed by atoms with van der Waals surface area (Å²) in [7, 11) is 0. The van der Waals surface area contributed by atoms with E-state index in [1.807, 2.05) is 18.2 Å². The minimum atomic E-state index is -0.250. The van der Waals surface area contributed by atoms with Gasteiger partial charge in [0.15, 0.2) is 11.5 Å². The van der Waals surface area contributed by atoms with Crippen LogP contribution in [0.15, 0.2) is 42.7 Å². The standard InChI is InChI=1S/C23H19N5O3.CH2O2/c24-11-16-21(14-3-4-19-20(10-14)31-9-8-30-19)17-13-28(7-5-18(17)27-22(16)25)23(29)15-2-1-6-26-12-15;2-1-3/h1-4,6,10,12H,5,7-9,13H2,(H2,25,27);1H,(H,2,3). The molecule has 1 amide bonds. The first-order valence-corrected chi connectivity index (χ1v) is 10.5. The van der Waals surface area contributed by atoms with Crippen LogP contribution in [0.4, 0.5) is 5.82 Å². The highest BCUT2D eigenvalue weighted by Gasteiger charge is 2.28. The van der Waals surface area contributed by atoms with Gasteiger partial charge in [-0.25, -0.2) is 4.98 Å². The fourth-order valence-electron chi connectivity index (χ4n) is 4.06. The number of ether oxygens (including phenoxy) is 2. The number of nitriles is 1. The molecule has 0 spiro atoms. The van der Waals surface area contributed by atoms with Crippen LogP contribution in [0.3, 0.4) is 0 Å². The minimum Gasteiger partial charge on any atom is -0.486 e. The van der Waals surface area contributed by atoms with Crippen LogP contribution >= 0.6 is 0 Å². The number of pyridine rings is 2. The van der Waals surface area contributed by atoms with Gasteiger partial charge in [0.05, 0.1) is 11.3 Å². The van der Waals surface area contributed by atoms with E-state index in [9.17, 15) is 10.1 Å². The molecule has 2 aliphatic rings. The van der Waals surface area contributed by atoms with Gasteiger partial charge in [0.1, 0.15) is 30.7 Å². The average Bonchev–Trinajstić information content (AvgIpc) is 2.88. The first-order chi connectivity index (χ1) is 16.6. The maximum absolute atomic E-state index is 13.0. The van der Waals surface area contributed by atoms with E-state index in [4.69, 9.17) is 25.1 Å². The highest BCUT2D eigenvalue weighted by Crippen LogP contribution is 2.40. The molecule has 0 radical (unpaired) electrons. The second kappa shape index (κ2) is 9.87. The van der Waals surface area contributed by atoms with E-state index in [2.05, 4.69) is 16.0 Å². The van der Waals surface area contributed by atoms with Gasteiger partial charge >= 0.3 is 0 Å². The SMILES string of the molecule is N#Cc1c(N)nc2c(c1-c1ccc3c(c1)OCCO3)CN(C(=O)c1cccnc1)CC2.O=CO. The highest BCUT2D eigenvalue weighted by atomic mass is 16.6. The topological polar surface area (TPSA) is 152 Å². The third-order valence-corrected chi connectivity index (χ3v) is 5.52. The molecule has 0 unspecified atom stereocenters. The fourth-order valence-corrected chi connectivity index (χ4v) is 4.06. The summed E-state index contributed by atoms with van der Waals surface area (Å²) < 4.78 is 11.3. The van der Waals surface area contributed by atoms with Gasteiger partial charge < -0.3 is 25.2 Å². The lowest BCUT2D eigenvalue weighted by Crippen LogP contribution is -2.37. The van der Waals surface area contributed by atoms with E-state index >= 15 is 0 Å². The smallest absolute Gasteiger partial charge is 0.290 e. The molecular weight excluding hydrogens is 438 g/mol. The molecule has 3 N–H and O–H groups in total. The molecule has 5 rings (SSSR count). The van der Waals surface area contributed by atoms with Crippen molar-refractivity contribution in [1.82, 2.24) is 14.9 Å². The van der Waals surface area contributed by atoms with E-state index in [1.54, 1.807) is 29.4 Å². The third-order valence-electron chi connectivity index (χ3n) is 5.52. The molecule has 10 heteroatoms. The monoisotopic (exact) mass is 459 g/mol. The van der Waals surface area contributed by atoms with Crippen molar-refractivity contribution in [3.05, 3.63) is 65.1 Å². The number of anilines is 1. The van der Waals surface area contributed by atoms with E-state index in [1.165, 1.54) is 0 Å². The molecule has 0 saturated heterocycles. The van der Waals surface area contributed by atoms with E-state index in [0.29, 0.717) is 60.9 Å². The summed E-state index contributed by atoms with van der Waals surface area (Å²) in [6.07, 6.45) is 3.74. The van der Waals surface area contributed by atoms with Crippen LogP contribution in [0.5, 0.6) is 11.5 Å². The molecule has 4 heterocycles. The number of aromatic nitrogens is 2. The number of carbonyl (C=O) groups excluding carboxylic acids is 1. The number of nitrogen functional groups attached to an aromatic ring is 1. The van der Waals surface area contributed by atoms with Crippen molar-refractivity contribution in [3.63, 3.8) is 0 Å². The largest absolute Gasteiger partial charge is 0.486 e. The molecule has 172 valence electrons. The highest BCUT2D eigenvalue weighted by molar-refractivity contribution is 5.94. The summed E-state index contributed by atoms with van der Waals surface area (Å²) in [5.74, 6) is 1.37. The lowest BCUT2D eigenvalue weighted by atomic mass is 9.90. The summed E-state index contributed by atoms with van der Waals surface area (Å²) in [4.78, 5) is 31.6. The van der Waals surface area contributed by atoms with Gasteiger partial charge in [-0.3, -0.25) is 14.6 Å². The number of fused-ring (bicyclic) bond motifs is 2. The molecule has 2 aromatic heterocycles. The Balaban J connectivity index is 0.000000868. The normalized spacial score (nSPS) is 13.6. The number of rotatable bonds is 2. The van der Waals surface area contributed by atoms with Crippen molar-refractivity contribution in [2.75, 3.05) is 25.5 Å². The van der Waals surface area contributed by atoms with Crippen molar-refractivity contribution in [2.24, 2.45) is 0 Å². The van der Waals surface area contributed by atoms with Crippen LogP contribution in [0, 0.1) is 11.3 Å². The Bertz CT molecular complexity index is 1270. The molecular formula is C24H21N5O5. The summed E-state index contributed by atoms with van der Waals surface area (Å²) in [5, 5.41) is 16.7. The zero-order valence-corrected chi connectivity index (χ0v) is 18.1. The minimum absolute atomic E-state index is 0.109. The zero-order valence-electron chi connectivity index (χ0n) is 18.1. The Morgan fingerprint density at radius 3 is 2.71 bits per heavy atom. The number of benzene rings is 1. The first-order valence-electron chi connectivity index (χ1n) is 10.5. The van der Waals surface area contributed by atoms with Gasteiger partial charge in [-0.15, -0.1) is 0 Å². The molecule has 10 nitrogen and oxygen atoms in total. The number of carbonyl (C=O) groups is 2. The number of nitrogens with zero attached hydrogens (tertiary/aromatic N) is 4. The number of amides is 1. The van der Waals surface area contributed by atoms with Gasteiger partial charge in [0.25, 0.3) is 12.4 Å². The van der Waals surface area contributed by atoms with Gasteiger partial charge in [0.2, 0.25) is 0 Å². The predicted molar refractivity (Wildman–Crippen MR) is 121 cm³/mol. The Morgan fingerprint density at radius 2 is 2.00 bits per heavy atom. The van der Waals surface area contributed by atoms with Crippen molar-refractivity contribution in [2.45, 2.75) is 13.0 Å². The summed E-state index contributed by atoms with van der Waals surface area (Å²) >= 11 is 0. The number of hydrogen-bond donors (Lipinski definition) is 2. The molecule has 34 heavy (non-hydrogen) atoms. The van der Waals surface area contributed by atoms with Gasteiger partial charge in [0, 0.05) is 43.0 Å². The Morgan fingerprint density at radius 1 is 1.24 bits per heavy atom. The van der Waals surface area contributed by atoms with Crippen LogP contribution in [-0.4, -0.2) is 52.1 Å². The van der Waals surface area contributed by atoms with Crippen molar-refractivity contribution in [3.8, 4) is 28.7 Å². The summed E-state index contributed by atoms with van der Waals surface area (Å²) in [6, 6.07) is 11.2. The quantitative estimate of drug-likeness (QED) is 0.550. The molecule has 0 bridgehead atoms. The lowest BCUT2D eigenvalue weighted by Gasteiger charge is -2.31. The van der Waals surface area contributed by atoms with Crippen LogP contribution in [0.25, 0.3) is 11.1 Å². The van der Waals surface area contributed by atoms with Crippen LogP contribution in [0.2, 0.25) is 0 Å². The molecule has 2 aliphatic heterocycles. The van der Waals surface area contributed by atoms with Crippen molar-refractivity contribution < 1.29 is 24.2 Å². The van der Waals surface area contributed by atoms with E-state index < -0.39 is 0 Å². The number of nitrogens with two attached hydrogens (primary N) is 1. The van der Waals surface area contributed by atoms with Gasteiger partial charge in [-0.05, 0) is 29.8 Å². The van der Waals surface area contributed by atoms with Crippen LogP contribution in [-0.2, 0) is 17.8 Å². The molecule has 0 atom stereocenters. The fraction of sp³-hybridized carbons (Fsp3) is 0.208. The molecule has 0 fully saturated rings. The molecule has 3 aromatic rings. The van der Waals surface area contributed by atoms with Crippen LogP contribution in [0.1, 0.15) is 27.2 Å². The van der Waals surface area contributed by atoms with Gasteiger partial charge in [-0.1, -0.05) is 6.07 Å². The Labute approximate surface area is 195 Å². The average molecular weight is 459 g/mol. The predicted octanol–water partition coefficient (Wildman–Crippen LogP) is 2.27. The third kappa shape index (κ3) is 4.31. The van der Waals surface area contributed by atoms with Crippen LogP contribution < -0.4 is 15.2 Å². The summed E-state index contributed by atoms with van der Waals surface area (Å²) in [5.41, 5.74) is 10.1. The maximum Gasteiger partial charge on any atom is 0.290 e.